The number of benzene rings is 4. The molecule has 0 atom stereocenters. The molecule has 2 nitrogen and oxygen atoms in total. The number of hydrogen-bond donors (Lipinski definition) is 0. The summed E-state index contributed by atoms with van der Waals surface area (Å²) in [7, 11) is 2.17. The topological polar surface area (TPSA) is 13.1 Å². The SMILES string of the molecule is Cc1c2c(c(C)c3cc(CC(C)(C)C)ccc13)-c1c3c(cc4cc[c]([Ge]([CH3])([CH3])[CH3])cc4c3cc[n+]1C)O2. The number of ether oxygens (including phenoxy) is 1. The Morgan fingerprint density at radius 1 is 0.811 bits per heavy atom. The molecule has 5 aromatic rings. The maximum atomic E-state index is 6.84. The molecule has 0 aliphatic carbocycles. The first-order chi connectivity index (χ1) is 17.3. The van der Waals surface area contributed by atoms with E-state index in [-0.39, 0.29) is 5.41 Å². The number of pyridine rings is 1. The monoisotopic (exact) mass is 550 g/mol. The molecule has 0 saturated carbocycles. The van der Waals surface area contributed by atoms with Gasteiger partial charge in [0, 0.05) is 0 Å². The van der Waals surface area contributed by atoms with Crippen molar-refractivity contribution in [2.24, 2.45) is 12.5 Å². The van der Waals surface area contributed by atoms with E-state index in [2.05, 4.69) is 118 Å². The second kappa shape index (κ2) is 8.07. The van der Waals surface area contributed by atoms with Crippen LogP contribution in [-0.2, 0) is 13.5 Å². The van der Waals surface area contributed by atoms with Crippen molar-refractivity contribution in [3.05, 3.63) is 71.4 Å². The Kier molecular flexibility index (Phi) is 5.34. The van der Waals surface area contributed by atoms with Crippen molar-refractivity contribution in [2.45, 2.75) is 58.3 Å². The zero-order valence-electron chi connectivity index (χ0n) is 23.8. The van der Waals surface area contributed by atoms with E-state index in [0.29, 0.717) is 0 Å². The maximum absolute atomic E-state index is 6.84. The van der Waals surface area contributed by atoms with Crippen molar-refractivity contribution in [1.29, 1.82) is 0 Å². The van der Waals surface area contributed by atoms with Crippen LogP contribution in [0.2, 0.25) is 17.3 Å². The summed E-state index contributed by atoms with van der Waals surface area (Å²) < 4.78 is 10.7. The Hall–Kier alpha value is -2.85. The van der Waals surface area contributed by atoms with Gasteiger partial charge in [0.15, 0.2) is 0 Å². The minimum absolute atomic E-state index is 0.252. The molecule has 0 bridgehead atoms. The summed E-state index contributed by atoms with van der Waals surface area (Å²) in [6.07, 6.45) is 3.30. The van der Waals surface area contributed by atoms with Gasteiger partial charge in [-0.25, -0.2) is 0 Å². The fraction of sp³-hybridized carbons (Fsp3) is 0.324. The number of aryl methyl sites for hydroxylation is 3. The van der Waals surface area contributed by atoms with E-state index < -0.39 is 13.3 Å². The number of rotatable bonds is 2. The van der Waals surface area contributed by atoms with E-state index in [4.69, 9.17) is 4.74 Å². The van der Waals surface area contributed by atoms with Gasteiger partial charge < -0.3 is 0 Å². The van der Waals surface area contributed by atoms with Crippen molar-refractivity contribution >= 4 is 50.0 Å². The molecule has 1 aliphatic heterocycles. The van der Waals surface area contributed by atoms with Gasteiger partial charge in [-0.05, 0) is 5.41 Å². The van der Waals surface area contributed by atoms with E-state index in [1.54, 1.807) is 4.40 Å². The van der Waals surface area contributed by atoms with Crippen LogP contribution in [0.15, 0.2) is 54.7 Å². The first kappa shape index (κ1) is 24.5. The third kappa shape index (κ3) is 3.87. The number of nitrogens with zero attached hydrogens (tertiary/aromatic N) is 1. The summed E-state index contributed by atoms with van der Waals surface area (Å²) in [5.74, 6) is 9.38. The first-order valence-electron chi connectivity index (χ1n) is 13.5. The number of hydrogen-bond acceptors (Lipinski definition) is 1. The molecular formula is C34H38GeNO+. The van der Waals surface area contributed by atoms with Gasteiger partial charge in [-0.15, -0.1) is 0 Å². The van der Waals surface area contributed by atoms with E-state index in [9.17, 15) is 0 Å². The summed E-state index contributed by atoms with van der Waals surface area (Å²) >= 11 is -1.97. The fourth-order valence-corrected chi connectivity index (χ4v) is 8.62. The average Bonchev–Trinajstić information content (AvgIpc) is 2.81. The Bertz CT molecular complexity index is 1770. The molecule has 3 heteroatoms. The molecule has 0 radical (unpaired) electrons. The molecule has 4 aromatic carbocycles. The van der Waals surface area contributed by atoms with Crippen molar-refractivity contribution in [3.63, 3.8) is 0 Å². The standard InChI is InChI=1S/C34H38GeNO/c1-20-27-16-22(19-34(3,4)5)10-13-25(27)21(2)33-30(20)32-31-26(14-15-36(32)9)28-18-24(35(6,7)8)12-11-23(28)17-29(31)37-33/h10-18H,19H2,1-9H3/q+1. The second-order valence-corrected chi connectivity index (χ2v) is 24.0. The van der Waals surface area contributed by atoms with Crippen LogP contribution in [0.1, 0.15) is 37.5 Å². The summed E-state index contributed by atoms with van der Waals surface area (Å²) in [6, 6.07) is 18.7. The van der Waals surface area contributed by atoms with Crippen LogP contribution < -0.4 is 13.7 Å². The van der Waals surface area contributed by atoms with E-state index in [1.165, 1.54) is 60.3 Å². The van der Waals surface area contributed by atoms with Crippen molar-refractivity contribution in [2.75, 3.05) is 0 Å². The number of fused-ring (bicyclic) bond motifs is 5. The van der Waals surface area contributed by atoms with Gasteiger partial charge >= 0.3 is 198 Å². The summed E-state index contributed by atoms with van der Waals surface area (Å²) in [5, 5.41) is 7.74. The van der Waals surface area contributed by atoms with Crippen LogP contribution in [0.25, 0.3) is 43.6 Å². The van der Waals surface area contributed by atoms with Crippen molar-refractivity contribution in [1.82, 2.24) is 0 Å². The molecule has 0 saturated heterocycles. The molecule has 2 heterocycles. The Morgan fingerprint density at radius 3 is 2.27 bits per heavy atom. The Morgan fingerprint density at radius 2 is 1.57 bits per heavy atom. The van der Waals surface area contributed by atoms with E-state index in [1.807, 2.05) is 0 Å². The van der Waals surface area contributed by atoms with Gasteiger partial charge in [-0.1, -0.05) is 20.8 Å². The molecule has 1 aliphatic rings. The Balaban J connectivity index is 1.70. The second-order valence-electron chi connectivity index (χ2n) is 13.3. The molecule has 188 valence electrons. The molecule has 0 fully saturated rings. The summed E-state index contributed by atoms with van der Waals surface area (Å²) in [6.45, 7) is 11.4. The molecule has 37 heavy (non-hydrogen) atoms. The average molecular weight is 549 g/mol. The van der Waals surface area contributed by atoms with Crippen molar-refractivity contribution in [3.8, 4) is 22.8 Å². The summed E-state index contributed by atoms with van der Waals surface area (Å²) in [4.78, 5) is 0. The molecule has 0 unspecified atom stereocenters. The van der Waals surface area contributed by atoms with Crippen molar-refractivity contribution < 1.29 is 9.30 Å². The van der Waals surface area contributed by atoms with Gasteiger partial charge in [0.1, 0.15) is 0 Å². The van der Waals surface area contributed by atoms with Gasteiger partial charge in [-0.3, -0.25) is 0 Å². The van der Waals surface area contributed by atoms with Crippen LogP contribution in [0.3, 0.4) is 0 Å². The third-order valence-electron chi connectivity index (χ3n) is 8.08. The van der Waals surface area contributed by atoms with E-state index >= 15 is 0 Å². The van der Waals surface area contributed by atoms with Gasteiger partial charge in [0.25, 0.3) is 0 Å². The van der Waals surface area contributed by atoms with Gasteiger partial charge in [-0.2, -0.15) is 0 Å². The zero-order valence-corrected chi connectivity index (χ0v) is 25.9. The molecule has 6 rings (SSSR count). The van der Waals surface area contributed by atoms with Crippen LogP contribution in [0.5, 0.6) is 11.5 Å². The third-order valence-corrected chi connectivity index (χ3v) is 12.4. The zero-order chi connectivity index (χ0) is 26.4. The predicted octanol–water partition coefficient (Wildman–Crippen LogP) is 8.49. The molecule has 0 amide bonds. The minimum atomic E-state index is -1.97. The van der Waals surface area contributed by atoms with Gasteiger partial charge in [0.05, 0.1) is 0 Å². The number of aromatic nitrogens is 1. The quantitative estimate of drug-likeness (QED) is 0.120. The first-order valence-corrected chi connectivity index (χ1v) is 20.8. The summed E-state index contributed by atoms with van der Waals surface area (Å²) in [5.41, 5.74) is 6.68. The fourth-order valence-electron chi connectivity index (χ4n) is 6.19. The van der Waals surface area contributed by atoms with Crippen LogP contribution in [0, 0.1) is 19.3 Å². The molecule has 0 N–H and O–H groups in total. The van der Waals surface area contributed by atoms with Crippen LogP contribution >= 0.6 is 0 Å². The molecule has 0 spiro atoms. The van der Waals surface area contributed by atoms with E-state index in [0.717, 1.165) is 17.9 Å². The van der Waals surface area contributed by atoms with Gasteiger partial charge in [0.2, 0.25) is 0 Å². The normalized spacial score (nSPS) is 13.3. The Labute approximate surface area is 223 Å². The van der Waals surface area contributed by atoms with Crippen LogP contribution in [-0.4, -0.2) is 13.3 Å². The van der Waals surface area contributed by atoms with Crippen LogP contribution in [0.4, 0.5) is 0 Å². The molecule has 1 aromatic heterocycles. The molecular weight excluding hydrogens is 511 g/mol. The predicted molar refractivity (Wildman–Crippen MR) is 161 cm³/mol.